The van der Waals surface area contributed by atoms with Crippen LogP contribution in [0.2, 0.25) is 0 Å². The Labute approximate surface area is 645 Å². The molecular formula is C48H75AlBr7Cl2LiN11O17PS4. The first kappa shape index (κ1) is 112. The molecular weight excluding hydrogens is 1830 g/mol. The van der Waals surface area contributed by atoms with E-state index in [0.717, 1.165) is 47.9 Å². The largest absolute Gasteiger partial charge is 1.00 e. The van der Waals surface area contributed by atoms with Crippen molar-refractivity contribution in [3.8, 4) is 0 Å². The smallest absolute Gasteiger partial charge is 1.00 e. The second kappa shape index (κ2) is 76.5. The number of hydrogen-bond donors (Lipinski definition) is 14. The number of amidine groups is 2. The Morgan fingerprint density at radius 2 is 1.01 bits per heavy atom. The Balaban J connectivity index is -0.0000000910. The molecule has 0 bridgehead atoms. The van der Waals surface area contributed by atoms with E-state index in [2.05, 4.69) is 142 Å². The van der Waals surface area contributed by atoms with Crippen LogP contribution < -0.4 is 41.8 Å². The van der Waals surface area contributed by atoms with Gasteiger partial charge >= 0.3 is 53.1 Å². The molecule has 1 saturated heterocycles. The van der Waals surface area contributed by atoms with Crippen molar-refractivity contribution in [3.63, 3.8) is 0 Å². The van der Waals surface area contributed by atoms with E-state index in [0.29, 0.717) is 22.8 Å². The van der Waals surface area contributed by atoms with Crippen LogP contribution in [0.15, 0.2) is 91.6 Å². The minimum Gasteiger partial charge on any atom is -1.00 e. The van der Waals surface area contributed by atoms with Crippen LogP contribution in [-0.2, 0) is 60.0 Å². The zero-order chi connectivity index (χ0) is 69.1. The summed E-state index contributed by atoms with van der Waals surface area (Å²) < 4.78 is 45.3. The molecule has 0 saturated carbocycles. The number of aliphatic hydroxyl groups is 4. The second-order valence-corrected chi connectivity index (χ2v) is 34.6. The van der Waals surface area contributed by atoms with Gasteiger partial charge in [0.25, 0.3) is 0 Å². The van der Waals surface area contributed by atoms with Crippen LogP contribution >= 0.6 is 175 Å². The fraction of sp³-hybridized carbons (Fsp3) is 0.333. The van der Waals surface area contributed by atoms with Gasteiger partial charge < -0.3 is 69.2 Å². The second-order valence-electron chi connectivity index (χ2n) is 13.9. The fourth-order valence-electron chi connectivity index (χ4n) is 4.70. The number of esters is 2. The molecule has 1 aliphatic rings. The molecule has 0 aromatic carbocycles. The van der Waals surface area contributed by atoms with Crippen LogP contribution in [0.25, 0.3) is 0 Å². The molecule has 1 fully saturated rings. The molecule has 6 rings (SSSR count). The molecule has 520 valence electrons. The topological polar surface area (TPSA) is 508 Å². The number of thiocarbonyl (C=S) groups is 1. The SMILES string of the molecule is Br.Br.BrCc1cccnc1CBr.BrP(Br)Br.C1CCOC1.CCO.CO.COC(=O)c1cccnc1C(=O)OC.ClCCl.N=C(N)SCc1cccnc1CSC(=N)N.NC(N)=S.O=C(O)c1cccnc1C(=O)O.O=S(=O)(O)O.OCc1cccnc1CO.[AlH3].[H-].[Li+]. The summed E-state index contributed by atoms with van der Waals surface area (Å²) >= 11 is 32.4. The minimum absolute atomic E-state index is 0. The van der Waals surface area contributed by atoms with E-state index in [9.17, 15) is 19.2 Å². The summed E-state index contributed by atoms with van der Waals surface area (Å²) in [5, 5.41) is 65.3. The molecule has 28 nitrogen and oxygen atoms in total. The maximum Gasteiger partial charge on any atom is 1.00 e. The molecule has 0 atom stereocenters. The molecule has 1 aliphatic heterocycles. The van der Waals surface area contributed by atoms with E-state index < -0.39 is 40.0 Å². The number of carbonyl (C=O) groups is 4. The molecule has 0 spiro atoms. The van der Waals surface area contributed by atoms with Crippen molar-refractivity contribution in [2.24, 2.45) is 22.9 Å². The number of thioether (sulfide) groups is 2. The van der Waals surface area contributed by atoms with Gasteiger partial charge in [-0.3, -0.25) is 34.9 Å². The van der Waals surface area contributed by atoms with Crippen molar-refractivity contribution in [1.82, 2.24) is 24.9 Å². The van der Waals surface area contributed by atoms with Gasteiger partial charge in [-0.05, 0) is 132 Å². The summed E-state index contributed by atoms with van der Waals surface area (Å²) in [6, 6.07) is 16.8. The summed E-state index contributed by atoms with van der Waals surface area (Å²) in [6.07, 6.45) is 10.3. The number of rotatable bonds is 12. The predicted molar refractivity (Wildman–Crippen MR) is 399 cm³/mol. The number of aromatic nitrogens is 5. The van der Waals surface area contributed by atoms with Gasteiger partial charge in [0.2, 0.25) is 0 Å². The average Bonchev–Trinajstić information content (AvgIpc) is 3.81. The number of aliphatic hydroxyl groups excluding tert-OH is 4. The van der Waals surface area contributed by atoms with E-state index in [1.165, 1.54) is 86.7 Å². The number of hydrogen-bond acceptors (Lipinski definition) is 23. The van der Waals surface area contributed by atoms with Gasteiger partial charge in [-0.2, -0.15) is 8.42 Å². The number of pyridine rings is 5. The van der Waals surface area contributed by atoms with Crippen molar-refractivity contribution < 1.29 is 102 Å². The number of halogens is 9. The third-order valence-electron chi connectivity index (χ3n) is 7.95. The number of carbonyl (C=O) groups excluding carboxylic acids is 2. The normalized spacial score (nSPS) is 9.54. The molecule has 0 aliphatic carbocycles. The van der Waals surface area contributed by atoms with Crippen molar-refractivity contribution >= 4 is 242 Å². The Kier molecular flexibility index (Phi) is 92.7. The third kappa shape index (κ3) is 72.4. The minimum atomic E-state index is -4.67. The van der Waals surface area contributed by atoms with Gasteiger partial charge in [0.05, 0.1) is 61.0 Å². The van der Waals surface area contributed by atoms with Crippen LogP contribution in [0.5, 0.6) is 0 Å². The van der Waals surface area contributed by atoms with Crippen LogP contribution in [0.1, 0.15) is 96.7 Å². The molecule has 92 heavy (non-hydrogen) atoms. The summed E-state index contributed by atoms with van der Waals surface area (Å²) in [4.78, 5) is 62.6. The molecule has 0 radical (unpaired) electrons. The monoisotopic (exact) mass is 1890 g/mol. The Morgan fingerprint density at radius 3 is 1.32 bits per heavy atom. The van der Waals surface area contributed by atoms with E-state index in [4.69, 9.17) is 98.4 Å². The first-order valence-corrected chi connectivity index (χ1v) is 37.8. The summed E-state index contributed by atoms with van der Waals surface area (Å²) in [5.41, 5.74) is 24.6. The first-order valence-electron chi connectivity index (χ1n) is 23.3. The maximum absolute atomic E-state index is 11.2. The van der Waals surface area contributed by atoms with Gasteiger partial charge in [-0.15, -0.1) is 57.2 Å². The van der Waals surface area contributed by atoms with Gasteiger partial charge in [0.1, 0.15) is 4.03 Å². The first-order chi connectivity index (χ1) is 41.5. The number of alkyl halides is 4. The molecule has 0 amide bonds. The number of aromatic carboxylic acids is 2. The zero-order valence-electron chi connectivity index (χ0n) is 50.0. The number of methoxy groups -OCH3 is 2. The molecule has 18 N–H and O–H groups in total. The Bertz CT molecular complexity index is 2640. The van der Waals surface area contributed by atoms with E-state index >= 15 is 0 Å². The van der Waals surface area contributed by atoms with Gasteiger partial charge in [0.15, 0.2) is 44.2 Å². The zero-order valence-corrected chi connectivity index (χ0v) is 66.0. The van der Waals surface area contributed by atoms with Crippen molar-refractivity contribution in [2.45, 2.75) is 55.1 Å². The van der Waals surface area contributed by atoms with Gasteiger partial charge in [-0.25, -0.2) is 29.1 Å². The fourth-order valence-corrected chi connectivity index (χ4v) is 6.84. The molecule has 5 aromatic rings. The van der Waals surface area contributed by atoms with Crippen LogP contribution in [0, 0.1) is 10.8 Å². The quantitative estimate of drug-likeness (QED) is 0.00958. The summed E-state index contributed by atoms with van der Waals surface area (Å²) in [6.45, 7) is 3.75. The van der Waals surface area contributed by atoms with Crippen LogP contribution in [0.4, 0.5) is 0 Å². The van der Waals surface area contributed by atoms with E-state index in [1.807, 2.05) is 24.4 Å². The van der Waals surface area contributed by atoms with Gasteiger partial charge in [0, 0.05) is 85.6 Å². The van der Waals surface area contributed by atoms with Crippen LogP contribution in [-0.4, -0.2) is 176 Å². The van der Waals surface area contributed by atoms with Crippen molar-refractivity contribution in [2.75, 3.05) is 46.5 Å². The standard InChI is InChI=1S/C9H13N5S2.C9H9NO4.C7H7Br2N.C7H5NO4.C7H9NO2.C4H8O.C2H6O.CH2Cl2.CH4N2S.CH4O.Al.Br3P.2BrH.Li.H2O4S.4H/c10-8(11)15-4-6-2-1-3-14-7(6)5-16-9(12)13;1-13-8(11)6-4-3-5-10-7(6)9(12)14-2;8-4-6-2-1-3-10-7(6)5-9;9-6(10)4-2-1-3-8-5(4)7(11)12;9-4-6-2-1-3-8-7(6)5-10;1-2-4-5-3-1;1-2-3;2-1-3;2-1(3)4;1-2;;1-4(2)3;;;;1-5(2,3)4;;;;/h1-3H,4-5H2,(H3,10,11)(H3,12,13);3-5H,1-2H3;1-3H,4-5H2;1-3H,(H,9,10)(H,11,12);1-3,9-10H,4-5H2;1-4H2;3H,2H2,1H3;1H2;(H4,2,3,4);2H,1H3;;;2*1H;;(H2,1,2,3,4);;;;/q;;;;;;;;;;;;;;+1;;;;;-1. The van der Waals surface area contributed by atoms with Crippen LogP contribution in [0.3, 0.4) is 0 Å². The number of ether oxygens (including phenoxy) is 3. The number of nitrogens with two attached hydrogens (primary N) is 4. The van der Waals surface area contributed by atoms with Crippen molar-refractivity contribution in [1.29, 1.82) is 10.8 Å². The van der Waals surface area contributed by atoms with Crippen molar-refractivity contribution in [3.05, 3.63) is 148 Å². The molecule has 5 aromatic heterocycles. The molecule has 44 heteroatoms. The number of nitrogens with zero attached hydrogens (tertiary/aromatic N) is 5. The number of carboxylic acids is 2. The van der Waals surface area contributed by atoms with E-state index in [-0.39, 0.29) is 133 Å². The Morgan fingerprint density at radius 1 is 0.663 bits per heavy atom. The average molecular weight is 1900 g/mol. The number of nitrogens with one attached hydrogen (secondary N) is 2. The molecule has 0 unspecified atom stereocenters. The summed E-state index contributed by atoms with van der Waals surface area (Å²) in [5.74, 6) is -2.71. The summed E-state index contributed by atoms with van der Waals surface area (Å²) in [7, 11) is -1.21. The maximum atomic E-state index is 11.2. The number of carboxylic acid groups (broad SMARTS) is 2. The predicted octanol–water partition coefficient (Wildman–Crippen LogP) is 6.25. The van der Waals surface area contributed by atoms with Gasteiger partial charge in [-0.1, -0.05) is 73.6 Å². The third-order valence-corrected chi connectivity index (χ3v) is 10.6. The molecule has 6 heterocycles. The Hall–Kier alpha value is -1.87. The van der Waals surface area contributed by atoms with E-state index in [1.54, 1.807) is 37.5 Å².